The van der Waals surface area contributed by atoms with Gasteiger partial charge in [0.05, 0.1) is 5.75 Å². The molecule has 8 heteroatoms. The van der Waals surface area contributed by atoms with E-state index in [1.807, 2.05) is 6.92 Å². The van der Waals surface area contributed by atoms with Gasteiger partial charge < -0.3 is 10.2 Å². The normalized spacial score (nSPS) is 11.8. The molecule has 2 aromatic rings. The highest BCUT2D eigenvalue weighted by molar-refractivity contribution is 7.99. The number of amides is 2. The second-order valence-corrected chi connectivity index (χ2v) is 8.52. The lowest BCUT2D eigenvalue weighted by molar-refractivity contribution is -0.138. The van der Waals surface area contributed by atoms with E-state index in [4.69, 9.17) is 11.6 Å². The van der Waals surface area contributed by atoms with Crippen LogP contribution in [0, 0.1) is 11.6 Å². The maximum absolute atomic E-state index is 14.2. The SMILES string of the molecule is CCCCNC(=O)[C@@H](C)N(Cc1ccccc1F)C(=O)CSCc1c(F)cccc1Cl. The van der Waals surface area contributed by atoms with Crippen molar-refractivity contribution < 1.29 is 18.4 Å². The van der Waals surface area contributed by atoms with Crippen LogP contribution < -0.4 is 5.32 Å². The molecule has 31 heavy (non-hydrogen) atoms. The van der Waals surface area contributed by atoms with E-state index in [1.165, 1.54) is 34.9 Å². The lowest BCUT2D eigenvalue weighted by Gasteiger charge is -2.29. The first-order valence-corrected chi connectivity index (χ1v) is 11.7. The van der Waals surface area contributed by atoms with Gasteiger partial charge in [-0.1, -0.05) is 49.2 Å². The van der Waals surface area contributed by atoms with Gasteiger partial charge in [0.2, 0.25) is 11.8 Å². The molecular weight excluding hydrogens is 442 g/mol. The molecule has 1 N–H and O–H groups in total. The van der Waals surface area contributed by atoms with Crippen molar-refractivity contribution in [1.82, 2.24) is 10.2 Å². The summed E-state index contributed by atoms with van der Waals surface area (Å²) in [6.45, 7) is 4.12. The molecule has 0 aliphatic carbocycles. The molecule has 0 heterocycles. The average molecular weight is 469 g/mol. The van der Waals surface area contributed by atoms with Gasteiger partial charge in [-0.3, -0.25) is 9.59 Å². The summed E-state index contributed by atoms with van der Waals surface area (Å²) < 4.78 is 28.1. The van der Waals surface area contributed by atoms with Gasteiger partial charge in [-0.15, -0.1) is 11.8 Å². The highest BCUT2D eigenvalue weighted by Crippen LogP contribution is 2.24. The van der Waals surface area contributed by atoms with E-state index < -0.39 is 17.7 Å². The minimum absolute atomic E-state index is 0.00565. The molecule has 0 aliphatic rings. The second-order valence-electron chi connectivity index (χ2n) is 7.13. The first-order valence-electron chi connectivity index (χ1n) is 10.2. The Morgan fingerprint density at radius 1 is 1.13 bits per heavy atom. The third-order valence-electron chi connectivity index (χ3n) is 4.83. The van der Waals surface area contributed by atoms with Crippen LogP contribution in [0.15, 0.2) is 42.5 Å². The number of hydrogen-bond donors (Lipinski definition) is 1. The summed E-state index contributed by atoms with van der Waals surface area (Å²) in [6.07, 6.45) is 1.76. The standard InChI is InChI=1S/C23H27ClF2N2O2S/c1-3-4-12-27-23(30)16(2)28(13-17-8-5-6-10-20(17)25)22(29)15-31-14-18-19(24)9-7-11-21(18)26/h5-11,16H,3-4,12-15H2,1-2H3,(H,27,30)/t16-/m1/s1. The molecule has 0 bridgehead atoms. The minimum atomic E-state index is -0.776. The van der Waals surface area contributed by atoms with Crippen LogP contribution in [0.1, 0.15) is 37.8 Å². The summed E-state index contributed by atoms with van der Waals surface area (Å²) in [5.41, 5.74) is 0.652. The third kappa shape index (κ3) is 7.51. The fraction of sp³-hybridized carbons (Fsp3) is 0.391. The van der Waals surface area contributed by atoms with Crippen LogP contribution in [0.2, 0.25) is 5.02 Å². The van der Waals surface area contributed by atoms with Crippen molar-refractivity contribution >= 4 is 35.2 Å². The van der Waals surface area contributed by atoms with Gasteiger partial charge in [0.25, 0.3) is 0 Å². The van der Waals surface area contributed by atoms with Crippen LogP contribution in [0.25, 0.3) is 0 Å². The van der Waals surface area contributed by atoms with Crippen molar-refractivity contribution in [3.63, 3.8) is 0 Å². The lowest BCUT2D eigenvalue weighted by atomic mass is 10.1. The fourth-order valence-corrected chi connectivity index (χ4v) is 4.17. The van der Waals surface area contributed by atoms with Gasteiger partial charge in [0.15, 0.2) is 0 Å². The van der Waals surface area contributed by atoms with Gasteiger partial charge in [0, 0.05) is 35.0 Å². The van der Waals surface area contributed by atoms with Gasteiger partial charge >= 0.3 is 0 Å². The average Bonchev–Trinajstić information content (AvgIpc) is 2.74. The van der Waals surface area contributed by atoms with Crippen LogP contribution in [0.3, 0.4) is 0 Å². The molecule has 2 rings (SSSR count). The van der Waals surface area contributed by atoms with Crippen LogP contribution in [-0.4, -0.2) is 35.1 Å². The smallest absolute Gasteiger partial charge is 0.242 e. The molecule has 2 amide bonds. The minimum Gasteiger partial charge on any atom is -0.354 e. The maximum atomic E-state index is 14.2. The van der Waals surface area contributed by atoms with Crippen LogP contribution in [0.5, 0.6) is 0 Å². The predicted octanol–water partition coefficient (Wildman–Crippen LogP) is 5.19. The van der Waals surface area contributed by atoms with Crippen LogP contribution >= 0.6 is 23.4 Å². The van der Waals surface area contributed by atoms with E-state index in [0.29, 0.717) is 22.7 Å². The highest BCUT2D eigenvalue weighted by Gasteiger charge is 2.26. The first kappa shape index (κ1) is 25.1. The van der Waals surface area contributed by atoms with E-state index in [1.54, 1.807) is 31.2 Å². The quantitative estimate of drug-likeness (QED) is 0.462. The highest BCUT2D eigenvalue weighted by atomic mass is 35.5. The topological polar surface area (TPSA) is 49.4 Å². The molecule has 0 unspecified atom stereocenters. The molecule has 0 spiro atoms. The third-order valence-corrected chi connectivity index (χ3v) is 6.13. The summed E-state index contributed by atoms with van der Waals surface area (Å²) in [6, 6.07) is 9.81. The molecule has 0 aliphatic heterocycles. The Kier molecular flexibility index (Phi) is 10.3. The number of halogens is 3. The molecule has 168 valence electrons. The Hall–Kier alpha value is -2.12. The number of nitrogens with one attached hydrogen (secondary N) is 1. The Morgan fingerprint density at radius 2 is 1.84 bits per heavy atom. The maximum Gasteiger partial charge on any atom is 0.242 e. The van der Waals surface area contributed by atoms with E-state index in [2.05, 4.69) is 5.32 Å². The van der Waals surface area contributed by atoms with Gasteiger partial charge in [-0.05, 0) is 31.5 Å². The van der Waals surface area contributed by atoms with Crippen molar-refractivity contribution in [3.8, 4) is 0 Å². The molecule has 0 saturated carbocycles. The molecule has 0 radical (unpaired) electrons. The van der Waals surface area contributed by atoms with Crippen molar-refractivity contribution in [1.29, 1.82) is 0 Å². The van der Waals surface area contributed by atoms with E-state index in [0.717, 1.165) is 12.8 Å². The number of unbranched alkanes of at least 4 members (excludes halogenated alkanes) is 1. The molecule has 4 nitrogen and oxygen atoms in total. The number of hydrogen-bond acceptors (Lipinski definition) is 3. The van der Waals surface area contributed by atoms with Crippen LogP contribution in [0.4, 0.5) is 8.78 Å². The number of carbonyl (C=O) groups excluding carboxylic acids is 2. The Bertz CT molecular complexity index is 877. The molecule has 0 saturated heterocycles. The van der Waals surface area contributed by atoms with Crippen molar-refractivity contribution in [2.75, 3.05) is 12.3 Å². The van der Waals surface area contributed by atoms with Gasteiger partial charge in [0.1, 0.15) is 17.7 Å². The zero-order valence-electron chi connectivity index (χ0n) is 17.7. The predicted molar refractivity (Wildman–Crippen MR) is 122 cm³/mol. The number of carbonyl (C=O) groups is 2. The second kappa shape index (κ2) is 12.7. The van der Waals surface area contributed by atoms with Crippen molar-refractivity contribution in [3.05, 3.63) is 70.2 Å². The monoisotopic (exact) mass is 468 g/mol. The fourth-order valence-electron chi connectivity index (χ4n) is 2.92. The molecule has 0 fully saturated rings. The van der Waals surface area contributed by atoms with E-state index in [9.17, 15) is 18.4 Å². The molecular formula is C23H27ClF2N2O2S. The van der Waals surface area contributed by atoms with Gasteiger partial charge in [-0.25, -0.2) is 8.78 Å². The summed E-state index contributed by atoms with van der Waals surface area (Å²) in [5, 5.41) is 3.11. The number of thioether (sulfide) groups is 1. The summed E-state index contributed by atoms with van der Waals surface area (Å²) in [4.78, 5) is 26.9. The zero-order chi connectivity index (χ0) is 22.8. The Labute approximate surface area is 191 Å². The van der Waals surface area contributed by atoms with Gasteiger partial charge in [-0.2, -0.15) is 0 Å². The number of nitrogens with zero attached hydrogens (tertiary/aromatic N) is 1. The number of benzene rings is 2. The summed E-state index contributed by atoms with van der Waals surface area (Å²) >= 11 is 7.24. The van der Waals surface area contributed by atoms with Crippen LogP contribution in [-0.2, 0) is 21.9 Å². The zero-order valence-corrected chi connectivity index (χ0v) is 19.2. The molecule has 1 atom stereocenters. The molecule has 0 aromatic heterocycles. The summed E-state index contributed by atoms with van der Waals surface area (Å²) in [7, 11) is 0. The lowest BCUT2D eigenvalue weighted by Crippen LogP contribution is -2.48. The first-order chi connectivity index (χ1) is 14.8. The Balaban J connectivity index is 2.09. The molecule has 2 aromatic carbocycles. The van der Waals surface area contributed by atoms with Crippen molar-refractivity contribution in [2.24, 2.45) is 0 Å². The largest absolute Gasteiger partial charge is 0.354 e. The summed E-state index contributed by atoms with van der Waals surface area (Å²) in [5.74, 6) is -1.28. The Morgan fingerprint density at radius 3 is 2.52 bits per heavy atom. The van der Waals surface area contributed by atoms with E-state index in [-0.39, 0.29) is 29.9 Å². The van der Waals surface area contributed by atoms with E-state index >= 15 is 0 Å². The number of rotatable bonds is 11. The van der Waals surface area contributed by atoms with Crippen molar-refractivity contribution in [2.45, 2.75) is 45.0 Å².